The Bertz CT molecular complexity index is 2540. The van der Waals surface area contributed by atoms with Crippen molar-refractivity contribution < 1.29 is 28.5 Å². The first-order chi connectivity index (χ1) is 32.7. The summed E-state index contributed by atoms with van der Waals surface area (Å²) in [6, 6.07) is 69.7. The molecule has 1 amide bonds. The first-order valence-electron chi connectivity index (χ1n) is 23.1. The number of carbonyl (C=O) groups excluding carboxylic acids is 1. The summed E-state index contributed by atoms with van der Waals surface area (Å²) in [5.74, 6) is -0.0476. The molecule has 7 atom stereocenters. The van der Waals surface area contributed by atoms with Crippen molar-refractivity contribution in [2.75, 3.05) is 11.5 Å². The van der Waals surface area contributed by atoms with Gasteiger partial charge < -0.3 is 28.6 Å². The van der Waals surface area contributed by atoms with Crippen LogP contribution < -0.4 is 4.90 Å². The lowest BCUT2D eigenvalue weighted by Gasteiger charge is -2.47. The predicted octanol–water partition coefficient (Wildman–Crippen LogP) is 11.8. The fourth-order valence-corrected chi connectivity index (χ4v) is 9.08. The van der Waals surface area contributed by atoms with Gasteiger partial charge in [-0.05, 0) is 57.5 Å². The molecule has 2 aliphatic heterocycles. The molecule has 2 fully saturated rings. The van der Waals surface area contributed by atoms with E-state index in [0.717, 1.165) is 44.6 Å². The summed E-state index contributed by atoms with van der Waals surface area (Å²) < 4.78 is 34.5. The van der Waals surface area contributed by atoms with Gasteiger partial charge in [-0.25, -0.2) is 0 Å². The number of allylic oxidation sites excluding steroid dienone is 1. The summed E-state index contributed by atoms with van der Waals surface area (Å²) in [5.41, 5.74) is 8.46. The van der Waals surface area contributed by atoms with Gasteiger partial charge in [0.25, 0.3) is 0 Å². The Hall–Kier alpha value is -6.45. The van der Waals surface area contributed by atoms with Crippen LogP contribution in [0.25, 0.3) is 6.08 Å². The SMILES string of the molecule is O=C1[C@H](C/C=C/c2ccccc2)[C@@H](c2ccc(C[C@@H]3O[C@H](COCc4ccccc4)[C@@H](OCc4ccccc4)[C@H](OCc4ccccc4)[C@H]3OCc3ccccc3)cc2)N1c1ccccc1. The van der Waals surface area contributed by atoms with E-state index in [2.05, 4.69) is 97.1 Å². The molecule has 2 saturated heterocycles. The van der Waals surface area contributed by atoms with Crippen LogP contribution in [0, 0.1) is 5.92 Å². The van der Waals surface area contributed by atoms with Crippen LogP contribution in [0.4, 0.5) is 5.69 Å². The summed E-state index contributed by atoms with van der Waals surface area (Å²) in [6.07, 6.45) is 3.03. The smallest absolute Gasteiger partial charge is 0.233 e. The van der Waals surface area contributed by atoms with E-state index < -0.39 is 30.5 Å². The van der Waals surface area contributed by atoms with Crippen molar-refractivity contribution in [3.05, 3.63) is 251 Å². The molecule has 7 nitrogen and oxygen atoms in total. The normalized spacial score (nSPS) is 21.7. The number of benzene rings is 7. The maximum atomic E-state index is 13.9. The molecule has 66 heavy (non-hydrogen) atoms. The maximum Gasteiger partial charge on any atom is 0.233 e. The van der Waals surface area contributed by atoms with Gasteiger partial charge in [0.1, 0.15) is 24.4 Å². The predicted molar refractivity (Wildman–Crippen MR) is 260 cm³/mol. The lowest BCUT2D eigenvalue weighted by Crippen LogP contribution is -2.61. The highest BCUT2D eigenvalue weighted by molar-refractivity contribution is 6.03. The van der Waals surface area contributed by atoms with E-state index in [0.29, 0.717) is 45.9 Å². The van der Waals surface area contributed by atoms with Crippen LogP contribution >= 0.6 is 0 Å². The average molecular weight is 876 g/mol. The molecule has 0 aliphatic carbocycles. The van der Waals surface area contributed by atoms with E-state index in [-0.39, 0.29) is 17.9 Å². The van der Waals surface area contributed by atoms with Crippen LogP contribution in [-0.4, -0.2) is 43.0 Å². The number of rotatable bonds is 20. The molecule has 9 rings (SSSR count). The highest BCUT2D eigenvalue weighted by Crippen LogP contribution is 2.45. The van der Waals surface area contributed by atoms with Crippen LogP contribution in [0.15, 0.2) is 212 Å². The van der Waals surface area contributed by atoms with E-state index in [1.165, 1.54) is 0 Å². The summed E-state index contributed by atoms with van der Waals surface area (Å²) in [4.78, 5) is 15.8. The molecule has 0 unspecified atom stereocenters. The Morgan fingerprint density at radius 2 is 0.924 bits per heavy atom. The van der Waals surface area contributed by atoms with Gasteiger partial charge in [-0.1, -0.05) is 206 Å². The second kappa shape index (κ2) is 22.6. The summed E-state index contributed by atoms with van der Waals surface area (Å²) >= 11 is 0. The lowest BCUT2D eigenvalue weighted by molar-refractivity contribution is -0.272. The molecule has 2 aliphatic rings. The van der Waals surface area contributed by atoms with Crippen LogP contribution in [-0.2, 0) is 61.3 Å². The largest absolute Gasteiger partial charge is 0.374 e. The molecular formula is C59H57NO6. The molecule has 0 spiro atoms. The third-order valence-corrected chi connectivity index (χ3v) is 12.5. The van der Waals surface area contributed by atoms with Gasteiger partial charge in [0, 0.05) is 12.1 Å². The van der Waals surface area contributed by atoms with Gasteiger partial charge in [-0.15, -0.1) is 0 Å². The van der Waals surface area contributed by atoms with E-state index in [9.17, 15) is 4.79 Å². The zero-order valence-electron chi connectivity index (χ0n) is 37.2. The van der Waals surface area contributed by atoms with E-state index in [4.69, 9.17) is 23.7 Å². The second-order valence-electron chi connectivity index (χ2n) is 17.1. The van der Waals surface area contributed by atoms with Crippen molar-refractivity contribution >= 4 is 17.7 Å². The van der Waals surface area contributed by atoms with Crippen LogP contribution in [0.1, 0.15) is 51.4 Å². The molecule has 7 aromatic rings. The molecular weight excluding hydrogens is 819 g/mol. The lowest BCUT2D eigenvalue weighted by atomic mass is 9.79. The summed E-state index contributed by atoms with van der Waals surface area (Å²) in [7, 11) is 0. The quantitative estimate of drug-likeness (QED) is 0.0711. The highest BCUT2D eigenvalue weighted by atomic mass is 16.6. The zero-order chi connectivity index (χ0) is 44.8. The number of hydrogen-bond acceptors (Lipinski definition) is 6. The van der Waals surface area contributed by atoms with Crippen LogP contribution in [0.2, 0.25) is 0 Å². The van der Waals surface area contributed by atoms with Crippen molar-refractivity contribution in [1.82, 2.24) is 0 Å². The number of hydrogen-bond donors (Lipinski definition) is 0. The van der Waals surface area contributed by atoms with E-state index in [1.54, 1.807) is 0 Å². The Morgan fingerprint density at radius 1 is 0.470 bits per heavy atom. The molecule has 0 bridgehead atoms. The highest BCUT2D eigenvalue weighted by Gasteiger charge is 2.49. The number of amides is 1. The van der Waals surface area contributed by atoms with Crippen molar-refractivity contribution in [3.8, 4) is 0 Å². The monoisotopic (exact) mass is 875 g/mol. The van der Waals surface area contributed by atoms with Gasteiger partial charge in [0.2, 0.25) is 5.91 Å². The minimum absolute atomic E-state index is 0.105. The van der Waals surface area contributed by atoms with Gasteiger partial charge >= 0.3 is 0 Å². The minimum atomic E-state index is -0.517. The number of para-hydroxylation sites is 1. The maximum absolute atomic E-state index is 13.9. The second-order valence-corrected chi connectivity index (χ2v) is 17.1. The van der Waals surface area contributed by atoms with Crippen LogP contribution in [0.3, 0.4) is 0 Å². The fourth-order valence-electron chi connectivity index (χ4n) is 9.08. The molecule has 0 N–H and O–H groups in total. The Labute approximate surface area is 389 Å². The number of anilines is 1. The zero-order valence-corrected chi connectivity index (χ0v) is 37.2. The van der Waals surface area contributed by atoms with Crippen molar-refractivity contribution in [1.29, 1.82) is 0 Å². The fraction of sp³-hybridized carbons (Fsp3) is 0.237. The first-order valence-corrected chi connectivity index (χ1v) is 23.1. The van der Waals surface area contributed by atoms with Gasteiger partial charge in [-0.3, -0.25) is 4.79 Å². The van der Waals surface area contributed by atoms with Crippen molar-refractivity contribution in [2.45, 2.75) is 75.8 Å². The molecule has 7 heteroatoms. The molecule has 7 aromatic carbocycles. The van der Waals surface area contributed by atoms with Gasteiger partial charge in [0.15, 0.2) is 0 Å². The first kappa shape index (κ1) is 44.7. The Balaban J connectivity index is 1.01. The third kappa shape index (κ3) is 11.5. The van der Waals surface area contributed by atoms with Crippen LogP contribution in [0.5, 0.6) is 0 Å². The topological polar surface area (TPSA) is 66.5 Å². The van der Waals surface area contributed by atoms with Crippen molar-refractivity contribution in [2.24, 2.45) is 5.92 Å². The minimum Gasteiger partial charge on any atom is -0.374 e. The molecule has 0 aromatic heterocycles. The van der Waals surface area contributed by atoms with E-state index in [1.807, 2.05) is 126 Å². The number of carbonyl (C=O) groups is 1. The number of β-lactam (4-membered cyclic amide) rings is 1. The van der Waals surface area contributed by atoms with Gasteiger partial charge in [0.05, 0.1) is 51.1 Å². The average Bonchev–Trinajstić information content (AvgIpc) is 3.37. The molecule has 0 saturated carbocycles. The Kier molecular flexibility index (Phi) is 15.3. The third-order valence-electron chi connectivity index (χ3n) is 12.5. The molecule has 334 valence electrons. The molecule has 2 heterocycles. The molecule has 0 radical (unpaired) electrons. The Morgan fingerprint density at radius 3 is 1.45 bits per heavy atom. The number of ether oxygens (including phenoxy) is 5. The summed E-state index contributed by atoms with van der Waals surface area (Å²) in [5, 5.41) is 0. The summed E-state index contributed by atoms with van der Waals surface area (Å²) in [6.45, 7) is 1.86. The van der Waals surface area contributed by atoms with E-state index >= 15 is 0 Å². The standard InChI is InChI=1S/C59H57NO6/c61-59-52(33-19-30-44-20-7-1-8-21-44)55(60(59)51-31-17-6-18-32-51)50-36-34-45(35-37-50)38-53-56(63-40-47-24-11-3-12-25-47)58(65-42-49-28-15-5-16-29-49)57(64-41-48-26-13-4-14-27-48)54(66-53)43-62-39-46-22-9-2-10-23-46/h1-32,34-37,52-58H,33,38-43H2/b30-19+/t52-,53+,54-,55-,56+,57-,58-/m1/s1. The van der Waals surface area contributed by atoms with Crippen molar-refractivity contribution in [3.63, 3.8) is 0 Å². The van der Waals surface area contributed by atoms with Gasteiger partial charge in [-0.2, -0.15) is 0 Å². The number of nitrogens with zero attached hydrogens (tertiary/aromatic N) is 1.